The van der Waals surface area contributed by atoms with Crippen LogP contribution in [0.3, 0.4) is 0 Å². The van der Waals surface area contributed by atoms with Crippen LogP contribution in [0.2, 0.25) is 4.34 Å². The van der Waals surface area contributed by atoms with Crippen LogP contribution >= 0.6 is 46.9 Å². The zero-order valence-electron chi connectivity index (χ0n) is 14.2. The van der Waals surface area contributed by atoms with Crippen molar-refractivity contribution in [1.29, 1.82) is 0 Å². The Balaban J connectivity index is 0.00000225. The number of aromatic nitrogens is 1. The van der Waals surface area contributed by atoms with Crippen LogP contribution in [0.25, 0.3) is 0 Å². The van der Waals surface area contributed by atoms with E-state index in [1.807, 2.05) is 31.4 Å². The molecular weight excluding hydrogens is 469 g/mol. The fourth-order valence-electron chi connectivity index (χ4n) is 2.80. The van der Waals surface area contributed by atoms with Gasteiger partial charge in [-0.1, -0.05) is 17.7 Å². The predicted octanol–water partition coefficient (Wildman–Crippen LogP) is 3.35. The molecule has 1 fully saturated rings. The van der Waals surface area contributed by atoms with Crippen LogP contribution in [0.5, 0.6) is 0 Å². The van der Waals surface area contributed by atoms with E-state index in [0.717, 1.165) is 55.3 Å². The fourth-order valence-corrected chi connectivity index (χ4v) is 3.89. The molecule has 1 aliphatic rings. The van der Waals surface area contributed by atoms with E-state index in [2.05, 4.69) is 37.2 Å². The molecule has 136 valence electrons. The smallest absolute Gasteiger partial charge is 0.193 e. The number of hydrogen-bond acceptors (Lipinski definition) is 4. The van der Waals surface area contributed by atoms with Gasteiger partial charge in [-0.3, -0.25) is 4.99 Å². The zero-order valence-corrected chi connectivity index (χ0v) is 18.1. The lowest BCUT2D eigenvalue weighted by Gasteiger charge is -2.37. The van der Waals surface area contributed by atoms with Crippen molar-refractivity contribution < 1.29 is 0 Å². The van der Waals surface area contributed by atoms with Crippen LogP contribution in [-0.4, -0.2) is 55.6 Å². The third kappa shape index (κ3) is 5.72. The van der Waals surface area contributed by atoms with Crippen molar-refractivity contribution >= 4 is 58.7 Å². The van der Waals surface area contributed by atoms with Gasteiger partial charge < -0.3 is 15.1 Å². The largest absolute Gasteiger partial charge is 0.356 e. The maximum atomic E-state index is 5.97. The molecule has 5 nitrogen and oxygen atoms in total. The van der Waals surface area contributed by atoms with Gasteiger partial charge in [0.1, 0.15) is 5.82 Å². The summed E-state index contributed by atoms with van der Waals surface area (Å²) in [6.07, 6.45) is 2.81. The van der Waals surface area contributed by atoms with Gasteiger partial charge in [0.05, 0.1) is 4.34 Å². The third-order valence-electron chi connectivity index (χ3n) is 4.05. The average Bonchev–Trinajstić information content (AvgIpc) is 3.05. The molecule has 2 aromatic rings. The summed E-state index contributed by atoms with van der Waals surface area (Å²) in [5.74, 6) is 2.02. The number of aliphatic imine (C=N–C) groups is 1. The highest BCUT2D eigenvalue weighted by Crippen LogP contribution is 2.21. The Labute approximate surface area is 175 Å². The van der Waals surface area contributed by atoms with Gasteiger partial charge in [-0.2, -0.15) is 0 Å². The fraction of sp³-hybridized carbons (Fsp3) is 0.412. The first-order valence-electron chi connectivity index (χ1n) is 8.12. The van der Waals surface area contributed by atoms with Crippen molar-refractivity contribution in [2.45, 2.75) is 6.42 Å². The van der Waals surface area contributed by atoms with E-state index in [9.17, 15) is 0 Å². The van der Waals surface area contributed by atoms with Gasteiger partial charge in [-0.15, -0.1) is 35.3 Å². The third-order valence-corrected chi connectivity index (χ3v) is 5.34. The molecule has 3 heterocycles. The number of thiophene rings is 1. The van der Waals surface area contributed by atoms with Gasteiger partial charge >= 0.3 is 0 Å². The Morgan fingerprint density at radius 3 is 2.64 bits per heavy atom. The van der Waals surface area contributed by atoms with E-state index >= 15 is 0 Å². The first-order valence-corrected chi connectivity index (χ1v) is 9.31. The molecular formula is C17H23ClIN5S. The van der Waals surface area contributed by atoms with Crippen molar-refractivity contribution in [3.05, 3.63) is 45.7 Å². The summed E-state index contributed by atoms with van der Waals surface area (Å²) in [6.45, 7) is 4.67. The van der Waals surface area contributed by atoms with E-state index in [1.54, 1.807) is 11.3 Å². The summed E-state index contributed by atoms with van der Waals surface area (Å²) in [5.41, 5.74) is 0. The second kappa shape index (κ2) is 10.2. The molecule has 0 bridgehead atoms. The van der Waals surface area contributed by atoms with Crippen LogP contribution < -0.4 is 10.2 Å². The van der Waals surface area contributed by atoms with Crippen LogP contribution in [0.15, 0.2) is 41.5 Å². The van der Waals surface area contributed by atoms with Crippen LogP contribution in [0.1, 0.15) is 4.88 Å². The van der Waals surface area contributed by atoms with E-state index < -0.39 is 0 Å². The molecule has 1 aliphatic heterocycles. The summed E-state index contributed by atoms with van der Waals surface area (Å²) in [6, 6.07) is 10.1. The molecule has 1 saturated heterocycles. The van der Waals surface area contributed by atoms with Gasteiger partial charge in [-0.05, 0) is 30.7 Å². The number of guanidine groups is 1. The molecule has 0 radical (unpaired) electrons. The standard InChI is InChI=1S/C17H22ClN5S.HI/c1-19-17(21-9-7-14-5-6-15(18)24-14)23-12-10-22(11-13-23)16-4-2-3-8-20-16;/h2-6,8H,7,9-13H2,1H3,(H,19,21);1H. The van der Waals surface area contributed by atoms with E-state index in [-0.39, 0.29) is 24.0 Å². The summed E-state index contributed by atoms with van der Waals surface area (Å²) in [7, 11) is 1.84. The van der Waals surface area contributed by atoms with Crippen LogP contribution in [0, 0.1) is 0 Å². The molecule has 0 aromatic carbocycles. The lowest BCUT2D eigenvalue weighted by atomic mass is 10.3. The number of rotatable bonds is 4. The number of hydrogen-bond donors (Lipinski definition) is 1. The normalized spacial score (nSPS) is 15.0. The molecule has 25 heavy (non-hydrogen) atoms. The summed E-state index contributed by atoms with van der Waals surface area (Å²) >= 11 is 7.61. The lowest BCUT2D eigenvalue weighted by Crippen LogP contribution is -2.53. The molecule has 8 heteroatoms. The topological polar surface area (TPSA) is 43.8 Å². The Bertz CT molecular complexity index is 671. The number of pyridine rings is 1. The quantitative estimate of drug-likeness (QED) is 0.405. The highest BCUT2D eigenvalue weighted by molar-refractivity contribution is 14.0. The number of halogens is 2. The van der Waals surface area contributed by atoms with Gasteiger partial charge in [0, 0.05) is 50.8 Å². The first kappa shape index (κ1) is 20.3. The first-order chi connectivity index (χ1) is 11.8. The number of piperazine rings is 1. The summed E-state index contributed by atoms with van der Waals surface area (Å²) < 4.78 is 0.847. The van der Waals surface area contributed by atoms with Crippen molar-refractivity contribution in [2.24, 2.45) is 4.99 Å². The van der Waals surface area contributed by atoms with Crippen LogP contribution in [-0.2, 0) is 6.42 Å². The zero-order chi connectivity index (χ0) is 16.8. The Kier molecular flexibility index (Phi) is 8.25. The minimum absolute atomic E-state index is 0. The van der Waals surface area contributed by atoms with Crippen molar-refractivity contribution in [3.63, 3.8) is 0 Å². The van der Waals surface area contributed by atoms with E-state index in [4.69, 9.17) is 11.6 Å². The van der Waals surface area contributed by atoms with Crippen molar-refractivity contribution in [1.82, 2.24) is 15.2 Å². The Morgan fingerprint density at radius 1 is 1.24 bits per heavy atom. The molecule has 2 aromatic heterocycles. The van der Waals surface area contributed by atoms with E-state index in [0.29, 0.717) is 0 Å². The maximum absolute atomic E-state index is 5.97. The minimum Gasteiger partial charge on any atom is -0.356 e. The molecule has 0 saturated carbocycles. The van der Waals surface area contributed by atoms with Crippen molar-refractivity contribution in [3.8, 4) is 0 Å². The molecule has 3 rings (SSSR count). The maximum Gasteiger partial charge on any atom is 0.193 e. The minimum atomic E-state index is 0. The van der Waals surface area contributed by atoms with Crippen molar-refractivity contribution in [2.75, 3.05) is 44.7 Å². The van der Waals surface area contributed by atoms with Gasteiger partial charge in [0.2, 0.25) is 0 Å². The SMILES string of the molecule is CN=C(NCCc1ccc(Cl)s1)N1CCN(c2ccccn2)CC1.I. The molecule has 0 unspecified atom stereocenters. The molecule has 0 spiro atoms. The summed E-state index contributed by atoms with van der Waals surface area (Å²) in [5, 5.41) is 3.46. The second-order valence-electron chi connectivity index (χ2n) is 5.59. The summed E-state index contributed by atoms with van der Waals surface area (Å²) in [4.78, 5) is 14.8. The van der Waals surface area contributed by atoms with Gasteiger partial charge in [0.25, 0.3) is 0 Å². The Hall–Kier alpha value is -1.06. The number of nitrogens with zero attached hydrogens (tertiary/aromatic N) is 4. The van der Waals surface area contributed by atoms with Crippen LogP contribution in [0.4, 0.5) is 5.82 Å². The second-order valence-corrected chi connectivity index (χ2v) is 7.39. The number of nitrogens with one attached hydrogen (secondary N) is 1. The molecule has 0 amide bonds. The molecule has 0 atom stereocenters. The van der Waals surface area contributed by atoms with Gasteiger partial charge in [0.15, 0.2) is 5.96 Å². The average molecular weight is 492 g/mol. The molecule has 0 aliphatic carbocycles. The van der Waals surface area contributed by atoms with E-state index in [1.165, 1.54) is 4.88 Å². The van der Waals surface area contributed by atoms with Gasteiger partial charge in [-0.25, -0.2) is 4.98 Å². The Morgan fingerprint density at radius 2 is 2.04 bits per heavy atom. The lowest BCUT2D eigenvalue weighted by molar-refractivity contribution is 0.372. The highest BCUT2D eigenvalue weighted by Gasteiger charge is 2.20. The number of anilines is 1. The predicted molar refractivity (Wildman–Crippen MR) is 118 cm³/mol. The monoisotopic (exact) mass is 491 g/mol. The highest BCUT2D eigenvalue weighted by atomic mass is 127. The molecule has 1 N–H and O–H groups in total.